The summed E-state index contributed by atoms with van der Waals surface area (Å²) in [6.45, 7) is 10.5. The van der Waals surface area contributed by atoms with Gasteiger partial charge in [-0.1, -0.05) is 20.8 Å². The van der Waals surface area contributed by atoms with Gasteiger partial charge in [0.15, 0.2) is 0 Å². The molecule has 3 nitrogen and oxygen atoms in total. The molecule has 0 aromatic heterocycles. The van der Waals surface area contributed by atoms with Gasteiger partial charge in [-0.3, -0.25) is 4.79 Å². The maximum atomic E-state index is 12.0. The number of rotatable bonds is 4. The van der Waals surface area contributed by atoms with Gasteiger partial charge in [0.2, 0.25) is 5.91 Å². The van der Waals surface area contributed by atoms with Gasteiger partial charge in [0.1, 0.15) is 0 Å². The number of nitrogens with one attached hydrogen (secondary N) is 2. The topological polar surface area (TPSA) is 41.1 Å². The number of carbonyl (C=O) groups excluding carboxylic acids is 1. The maximum absolute atomic E-state index is 12.0. The van der Waals surface area contributed by atoms with Crippen molar-refractivity contribution < 1.29 is 4.79 Å². The standard InChI is InChI=1S/C13H26N2O/c1-9(2)10(3)8-15-13(16)12-6-5-7-14-11(12)4/h9-12,14H,5-8H2,1-4H3,(H,15,16). The van der Waals surface area contributed by atoms with Crippen LogP contribution in [0.1, 0.15) is 40.5 Å². The van der Waals surface area contributed by atoms with E-state index in [1.54, 1.807) is 0 Å². The Morgan fingerprint density at radius 3 is 2.69 bits per heavy atom. The molecule has 2 N–H and O–H groups in total. The first-order valence-electron chi connectivity index (χ1n) is 6.53. The number of piperidine rings is 1. The van der Waals surface area contributed by atoms with Crippen molar-refractivity contribution in [1.29, 1.82) is 0 Å². The molecule has 1 heterocycles. The zero-order chi connectivity index (χ0) is 12.1. The van der Waals surface area contributed by atoms with Crippen molar-refractivity contribution in [3.63, 3.8) is 0 Å². The lowest BCUT2D eigenvalue weighted by Crippen LogP contribution is -2.47. The predicted octanol–water partition coefficient (Wildman–Crippen LogP) is 1.78. The van der Waals surface area contributed by atoms with E-state index < -0.39 is 0 Å². The molecule has 1 saturated heterocycles. The minimum Gasteiger partial charge on any atom is -0.356 e. The molecule has 0 spiro atoms. The smallest absolute Gasteiger partial charge is 0.224 e. The second kappa shape index (κ2) is 6.24. The summed E-state index contributed by atoms with van der Waals surface area (Å²) < 4.78 is 0. The fourth-order valence-corrected chi connectivity index (χ4v) is 2.03. The monoisotopic (exact) mass is 226 g/mol. The summed E-state index contributed by atoms with van der Waals surface area (Å²) in [7, 11) is 0. The quantitative estimate of drug-likeness (QED) is 0.767. The number of carbonyl (C=O) groups is 1. The maximum Gasteiger partial charge on any atom is 0.224 e. The molecule has 0 bridgehead atoms. The SMILES string of the molecule is CC(C)C(C)CNC(=O)C1CCCNC1C. The van der Waals surface area contributed by atoms with Crippen LogP contribution in [0.2, 0.25) is 0 Å². The Labute approximate surface area is 99.4 Å². The van der Waals surface area contributed by atoms with Crippen molar-refractivity contribution in [3.05, 3.63) is 0 Å². The van der Waals surface area contributed by atoms with Gasteiger partial charge in [-0.2, -0.15) is 0 Å². The van der Waals surface area contributed by atoms with Crippen molar-refractivity contribution in [2.45, 2.75) is 46.6 Å². The summed E-state index contributed by atoms with van der Waals surface area (Å²) in [5.74, 6) is 1.57. The minimum atomic E-state index is 0.160. The Morgan fingerprint density at radius 1 is 1.44 bits per heavy atom. The second-order valence-electron chi connectivity index (χ2n) is 5.46. The van der Waals surface area contributed by atoms with Crippen LogP contribution < -0.4 is 10.6 Å². The second-order valence-corrected chi connectivity index (χ2v) is 5.46. The van der Waals surface area contributed by atoms with Crippen molar-refractivity contribution >= 4 is 5.91 Å². The van der Waals surface area contributed by atoms with Crippen LogP contribution >= 0.6 is 0 Å². The van der Waals surface area contributed by atoms with Gasteiger partial charge in [0, 0.05) is 12.6 Å². The first-order chi connectivity index (χ1) is 7.52. The van der Waals surface area contributed by atoms with E-state index in [0.29, 0.717) is 17.9 Å². The summed E-state index contributed by atoms with van der Waals surface area (Å²) in [6, 6.07) is 0.322. The van der Waals surface area contributed by atoms with Crippen LogP contribution in [0.5, 0.6) is 0 Å². The van der Waals surface area contributed by atoms with Gasteiger partial charge < -0.3 is 10.6 Å². The zero-order valence-corrected chi connectivity index (χ0v) is 11.0. The van der Waals surface area contributed by atoms with Gasteiger partial charge in [-0.05, 0) is 38.1 Å². The van der Waals surface area contributed by atoms with E-state index >= 15 is 0 Å². The molecule has 16 heavy (non-hydrogen) atoms. The summed E-state index contributed by atoms with van der Waals surface area (Å²) >= 11 is 0. The highest BCUT2D eigenvalue weighted by Crippen LogP contribution is 2.16. The van der Waals surface area contributed by atoms with Crippen molar-refractivity contribution in [2.75, 3.05) is 13.1 Å². The molecule has 0 aromatic carbocycles. The van der Waals surface area contributed by atoms with Gasteiger partial charge in [-0.25, -0.2) is 0 Å². The van der Waals surface area contributed by atoms with Gasteiger partial charge >= 0.3 is 0 Å². The Balaban J connectivity index is 2.33. The normalized spacial score (nSPS) is 27.8. The fraction of sp³-hybridized carbons (Fsp3) is 0.923. The molecule has 1 aliphatic heterocycles. The number of hydrogen-bond acceptors (Lipinski definition) is 2. The zero-order valence-electron chi connectivity index (χ0n) is 11.0. The molecule has 94 valence electrons. The lowest BCUT2D eigenvalue weighted by atomic mass is 9.90. The van der Waals surface area contributed by atoms with Gasteiger partial charge in [0.05, 0.1) is 5.92 Å². The van der Waals surface area contributed by atoms with Crippen LogP contribution in [-0.4, -0.2) is 25.0 Å². The molecule has 3 heteroatoms. The van der Waals surface area contributed by atoms with Crippen LogP contribution in [-0.2, 0) is 4.79 Å². The van der Waals surface area contributed by atoms with E-state index in [-0.39, 0.29) is 11.8 Å². The van der Waals surface area contributed by atoms with E-state index in [2.05, 4.69) is 38.3 Å². The Kier molecular flexibility index (Phi) is 5.26. The lowest BCUT2D eigenvalue weighted by Gasteiger charge is -2.29. The van der Waals surface area contributed by atoms with E-state index in [4.69, 9.17) is 0 Å². The van der Waals surface area contributed by atoms with E-state index in [1.807, 2.05) is 0 Å². The molecule has 1 rings (SSSR count). The Bertz CT molecular complexity index is 228. The first-order valence-corrected chi connectivity index (χ1v) is 6.53. The largest absolute Gasteiger partial charge is 0.356 e. The van der Waals surface area contributed by atoms with E-state index in [0.717, 1.165) is 25.9 Å². The molecule has 0 aliphatic carbocycles. The van der Waals surface area contributed by atoms with Crippen LogP contribution in [0.4, 0.5) is 0 Å². The van der Waals surface area contributed by atoms with Gasteiger partial charge in [-0.15, -0.1) is 0 Å². The molecular formula is C13H26N2O. The number of amides is 1. The summed E-state index contributed by atoms with van der Waals surface area (Å²) in [5, 5.41) is 6.45. The van der Waals surface area contributed by atoms with Crippen LogP contribution in [0, 0.1) is 17.8 Å². The average Bonchev–Trinajstić information content (AvgIpc) is 2.25. The average molecular weight is 226 g/mol. The molecule has 0 saturated carbocycles. The third kappa shape index (κ3) is 3.78. The summed E-state index contributed by atoms with van der Waals surface area (Å²) in [6.07, 6.45) is 2.14. The number of hydrogen-bond donors (Lipinski definition) is 2. The molecule has 0 radical (unpaired) electrons. The lowest BCUT2D eigenvalue weighted by molar-refractivity contribution is -0.126. The fourth-order valence-electron chi connectivity index (χ4n) is 2.03. The predicted molar refractivity (Wildman–Crippen MR) is 67.2 cm³/mol. The molecule has 1 amide bonds. The van der Waals surface area contributed by atoms with Crippen molar-refractivity contribution in [3.8, 4) is 0 Å². The van der Waals surface area contributed by atoms with Gasteiger partial charge in [0.25, 0.3) is 0 Å². The van der Waals surface area contributed by atoms with Crippen molar-refractivity contribution in [2.24, 2.45) is 17.8 Å². The Hall–Kier alpha value is -0.570. The molecule has 1 fully saturated rings. The van der Waals surface area contributed by atoms with Crippen LogP contribution in [0.15, 0.2) is 0 Å². The Morgan fingerprint density at radius 2 is 2.12 bits per heavy atom. The highest BCUT2D eigenvalue weighted by molar-refractivity contribution is 5.79. The van der Waals surface area contributed by atoms with E-state index in [1.165, 1.54) is 0 Å². The highest BCUT2D eigenvalue weighted by atomic mass is 16.1. The van der Waals surface area contributed by atoms with Crippen LogP contribution in [0.25, 0.3) is 0 Å². The van der Waals surface area contributed by atoms with E-state index in [9.17, 15) is 4.79 Å². The van der Waals surface area contributed by atoms with Crippen LogP contribution in [0.3, 0.4) is 0 Å². The molecular weight excluding hydrogens is 200 g/mol. The minimum absolute atomic E-state index is 0.160. The molecule has 3 unspecified atom stereocenters. The molecule has 3 atom stereocenters. The molecule has 1 aliphatic rings. The summed E-state index contributed by atoms with van der Waals surface area (Å²) in [5.41, 5.74) is 0. The first kappa shape index (κ1) is 13.5. The van der Waals surface area contributed by atoms with Crippen molar-refractivity contribution in [1.82, 2.24) is 10.6 Å². The summed E-state index contributed by atoms with van der Waals surface area (Å²) in [4.78, 5) is 12.0. The third-order valence-electron chi connectivity index (χ3n) is 3.83. The highest BCUT2D eigenvalue weighted by Gasteiger charge is 2.27. The molecule has 0 aromatic rings. The third-order valence-corrected chi connectivity index (χ3v) is 3.83.